The molecule has 0 bridgehead atoms. The van der Waals surface area contributed by atoms with Crippen LogP contribution >= 0.6 is 0 Å². The number of hydrogen-bond acceptors (Lipinski definition) is 40. The van der Waals surface area contributed by atoms with Crippen LogP contribution in [0.15, 0.2) is 12.4 Å². The molecule has 1 aromatic carbocycles. The van der Waals surface area contributed by atoms with E-state index in [4.69, 9.17) is 86.0 Å². The maximum atomic E-state index is 13.8. The molecule has 5 rings (SSSR count). The predicted octanol–water partition coefficient (Wildman–Crippen LogP) is -7.70. The highest BCUT2D eigenvalue weighted by Gasteiger charge is 2.57. The monoisotopic (exact) mass is 1920 g/mol. The Hall–Kier alpha value is -8.66. The standard InChI is InChI=1S/C77H121F5N12O38/c78-61-62(79)64(81)70(65(82)63(61)80)130-60(108)8-16-118-22-26-122-28-29-123-27-23-119-17-11-85-73(111)50(4-1-2-9-83-55(103)6-14-116-20-24-120-18-12-93-40-48(89-91-93)46-126-32-30-124-34-36-128-76(74(112)113)38-51(99)66(87-58(106)44-97)71(131-76)68(109)53(101)42-95)86-57(105)5-3-10-84-56(104)7-15-117-21-25-121-19-13-94-41-49(90-92-94)47-127-33-31-125-35-37-129-77(75(114)115)39-52(100)67(88-59(107)45-98)72(132-77)69(110)54(102)43-96/h40-41,50-54,66-69,71-72,95-102,109-110H,1-39,42-47H2,(H,83,103)(H,84,104)(H,85,111)(H,86,105)(H,87,106)(H,88,107)(H,112,113)(H,114,115)/t50-,51-,52-,53+,54+,66+,67+,68+,69+,71+,72+,76-,77-/m1/s1. The van der Waals surface area contributed by atoms with Crippen molar-refractivity contribution < 1.29 is 207 Å². The molecule has 4 heterocycles. The van der Waals surface area contributed by atoms with E-state index in [0.717, 1.165) is 0 Å². The number of carboxylic acids is 2. The van der Waals surface area contributed by atoms with E-state index in [1.807, 2.05) is 0 Å². The van der Waals surface area contributed by atoms with Crippen molar-refractivity contribution in [2.75, 3.05) is 205 Å². The minimum Gasteiger partial charge on any atom is -0.477 e. The molecule has 2 aliphatic rings. The lowest BCUT2D eigenvalue weighted by Crippen LogP contribution is -2.68. The van der Waals surface area contributed by atoms with Crippen molar-refractivity contribution in [2.45, 2.75) is 169 Å². The van der Waals surface area contributed by atoms with Gasteiger partial charge in [0.1, 0.15) is 67.3 Å². The molecule has 6 amide bonds. The second-order valence-electron chi connectivity index (χ2n) is 29.0. The van der Waals surface area contributed by atoms with Crippen molar-refractivity contribution in [1.29, 1.82) is 0 Å². The van der Waals surface area contributed by atoms with E-state index in [-0.39, 0.29) is 222 Å². The van der Waals surface area contributed by atoms with Gasteiger partial charge in [-0.2, -0.15) is 8.78 Å². The van der Waals surface area contributed by atoms with Gasteiger partial charge in [0.15, 0.2) is 0 Å². The molecule has 50 nitrogen and oxygen atoms in total. The SMILES string of the molecule is O=C(CCOCCOCCn1cc(COCCOCCO[C@]2(C(=O)O)C[C@@H](O)[C@H](NC(=O)CO)[C@@H]([C@@H](O)[C@@H](O)CO)O2)nn1)NCCCC[C@@H](NC(=O)CCCNC(=O)CCOCCOCCn1cc(COCCOCCO[C@]2(C(=O)O)C[C@@H](O)[C@H](NC(=O)CO)[C@@H]([C@@H](O)[C@@H](O)CO)O2)nn1)C(=O)NCCOCCOCCOCCOCCC(=O)Oc1c(F)c(F)c(F)c(F)c1F. The summed E-state index contributed by atoms with van der Waals surface area (Å²) in [6.07, 6.45) is -12.2. The number of unbranched alkanes of at least 4 members (excludes halogenated alkanes) is 1. The molecule has 0 spiro atoms. The summed E-state index contributed by atoms with van der Waals surface area (Å²) < 4.78 is 163. The third-order valence-corrected chi connectivity index (χ3v) is 19.0. The first-order chi connectivity index (χ1) is 63.4. The fourth-order valence-electron chi connectivity index (χ4n) is 12.2. The number of carbonyl (C=O) groups excluding carboxylic acids is 7. The summed E-state index contributed by atoms with van der Waals surface area (Å²) in [5, 5.41) is 151. The number of esters is 1. The molecular weight excluding hydrogens is 1800 g/mol. The van der Waals surface area contributed by atoms with Crippen LogP contribution in [0, 0.1) is 29.1 Å². The summed E-state index contributed by atoms with van der Waals surface area (Å²) in [4.78, 5) is 112. The Kier molecular flexibility index (Phi) is 55.5. The topological polar surface area (TPSA) is 687 Å². The van der Waals surface area contributed by atoms with Crippen molar-refractivity contribution >= 4 is 53.4 Å². The Morgan fingerprint density at radius 1 is 0.432 bits per heavy atom. The first kappa shape index (κ1) is 114. The summed E-state index contributed by atoms with van der Waals surface area (Å²) >= 11 is 0. The molecule has 0 aliphatic carbocycles. The molecule has 0 unspecified atom stereocenters. The van der Waals surface area contributed by atoms with E-state index >= 15 is 0 Å². The van der Waals surface area contributed by atoms with Crippen molar-refractivity contribution in [3.63, 3.8) is 0 Å². The van der Waals surface area contributed by atoms with E-state index in [2.05, 4.69) is 57.3 Å². The van der Waals surface area contributed by atoms with Crippen LogP contribution in [0.25, 0.3) is 0 Å². The van der Waals surface area contributed by atoms with Gasteiger partial charge in [0, 0.05) is 51.7 Å². The maximum Gasteiger partial charge on any atom is 0.364 e. The summed E-state index contributed by atoms with van der Waals surface area (Å²) in [6.45, 7) is -2.01. The van der Waals surface area contributed by atoms with Crippen LogP contribution in [-0.2, 0) is 145 Å². The van der Waals surface area contributed by atoms with Gasteiger partial charge in [-0.05, 0) is 25.7 Å². The van der Waals surface area contributed by atoms with Gasteiger partial charge in [0.2, 0.25) is 70.3 Å². The van der Waals surface area contributed by atoms with Gasteiger partial charge >= 0.3 is 17.9 Å². The Morgan fingerprint density at radius 2 is 0.803 bits per heavy atom. The highest BCUT2D eigenvalue weighted by Crippen LogP contribution is 2.36. The number of aromatic nitrogens is 6. The molecule has 2 aromatic heterocycles. The minimum atomic E-state index is -2.56. The zero-order valence-corrected chi connectivity index (χ0v) is 72.4. The van der Waals surface area contributed by atoms with Gasteiger partial charge < -0.3 is 174 Å². The molecule has 13 atom stereocenters. The van der Waals surface area contributed by atoms with E-state index in [1.54, 1.807) is 12.4 Å². The van der Waals surface area contributed by atoms with Crippen LogP contribution < -0.4 is 36.6 Å². The highest BCUT2D eigenvalue weighted by atomic mass is 19.2. The summed E-state index contributed by atoms with van der Waals surface area (Å²) in [5.41, 5.74) is 0.974. The quantitative estimate of drug-likeness (QED) is 0.00623. The Bertz CT molecular complexity index is 3850. The number of hydrogen-bond donors (Lipinski definition) is 18. The molecule has 0 saturated carbocycles. The average Bonchev–Trinajstić information content (AvgIpc) is 1.04. The Balaban J connectivity index is 0.904. The Morgan fingerprint density at radius 3 is 1.21 bits per heavy atom. The number of aliphatic hydroxyl groups is 10. The van der Waals surface area contributed by atoms with Gasteiger partial charge in [0.25, 0.3) is 11.6 Å². The molecule has 2 fully saturated rings. The van der Waals surface area contributed by atoms with E-state index < -0.39 is 214 Å². The molecule has 3 aromatic rings. The molecule has 132 heavy (non-hydrogen) atoms. The van der Waals surface area contributed by atoms with Gasteiger partial charge in [-0.1, -0.05) is 10.4 Å². The smallest absolute Gasteiger partial charge is 0.364 e. The van der Waals surface area contributed by atoms with E-state index in [0.29, 0.717) is 37.3 Å². The van der Waals surface area contributed by atoms with E-state index in [1.165, 1.54) is 9.36 Å². The summed E-state index contributed by atoms with van der Waals surface area (Å²) in [6, 6.07) is -3.98. The first-order valence-electron chi connectivity index (χ1n) is 42.2. The number of carboxylic acid groups (broad SMARTS) is 2. The number of aliphatic hydroxyl groups excluding tert-OH is 10. The van der Waals surface area contributed by atoms with Crippen molar-refractivity contribution in [3.05, 3.63) is 52.9 Å². The maximum absolute atomic E-state index is 13.8. The van der Waals surface area contributed by atoms with Gasteiger partial charge in [-0.15, -0.1) is 10.2 Å². The van der Waals surface area contributed by atoms with Crippen LogP contribution in [0.2, 0.25) is 0 Å². The third kappa shape index (κ3) is 42.1. The molecule has 752 valence electrons. The number of ether oxygens (including phenoxy) is 17. The lowest BCUT2D eigenvalue weighted by molar-refractivity contribution is -0.313. The van der Waals surface area contributed by atoms with Crippen LogP contribution in [0.3, 0.4) is 0 Å². The van der Waals surface area contributed by atoms with E-state index in [9.17, 15) is 116 Å². The van der Waals surface area contributed by atoms with Crippen molar-refractivity contribution in [3.8, 4) is 5.75 Å². The largest absolute Gasteiger partial charge is 0.477 e. The fraction of sp³-hybridized carbons (Fsp3) is 0.753. The zero-order valence-electron chi connectivity index (χ0n) is 72.4. The zero-order chi connectivity index (χ0) is 96.6. The molecular formula is C77H121F5N12O38. The van der Waals surface area contributed by atoms with Gasteiger partial charge in [0.05, 0.1) is 241 Å². The average molecular weight is 1920 g/mol. The minimum absolute atomic E-state index is 0.0159. The van der Waals surface area contributed by atoms with Crippen LogP contribution in [0.1, 0.15) is 75.6 Å². The lowest BCUT2D eigenvalue weighted by atomic mass is 9.88. The second kappa shape index (κ2) is 64.3. The van der Waals surface area contributed by atoms with Gasteiger partial charge in [-0.25, -0.2) is 32.1 Å². The molecule has 2 aliphatic heterocycles. The molecule has 2 saturated heterocycles. The number of nitrogens with one attached hydrogen (secondary N) is 6. The van der Waals surface area contributed by atoms with Crippen LogP contribution in [0.5, 0.6) is 5.75 Å². The number of rotatable bonds is 75. The molecule has 0 radical (unpaired) electrons. The first-order valence-corrected chi connectivity index (χ1v) is 42.2. The number of carbonyl (C=O) groups is 9. The van der Waals surface area contributed by atoms with Crippen molar-refractivity contribution in [1.82, 2.24) is 61.9 Å². The lowest BCUT2D eigenvalue weighted by Gasteiger charge is -2.46. The number of amides is 6. The predicted molar refractivity (Wildman–Crippen MR) is 427 cm³/mol. The van der Waals surface area contributed by atoms with Crippen LogP contribution in [0.4, 0.5) is 22.0 Å². The summed E-state index contributed by atoms with van der Waals surface area (Å²) in [7, 11) is 0. The fourth-order valence-corrected chi connectivity index (χ4v) is 12.2. The number of halogens is 5. The Labute approximate surface area is 752 Å². The molecule has 18 N–H and O–H groups in total. The summed E-state index contributed by atoms with van der Waals surface area (Å²) in [5.74, 6) is -26.7. The number of aliphatic carboxylic acids is 2. The second-order valence-corrected chi connectivity index (χ2v) is 29.0. The number of benzene rings is 1. The molecule has 55 heteroatoms. The van der Waals surface area contributed by atoms with Gasteiger partial charge in [-0.3, -0.25) is 33.6 Å². The van der Waals surface area contributed by atoms with Crippen LogP contribution in [-0.4, -0.2) is 428 Å². The normalized spacial score (nSPS) is 19.7. The third-order valence-electron chi connectivity index (χ3n) is 19.0. The van der Waals surface area contributed by atoms with Crippen molar-refractivity contribution in [2.24, 2.45) is 0 Å². The number of nitrogens with zero attached hydrogens (tertiary/aromatic N) is 6. The highest BCUT2D eigenvalue weighted by molar-refractivity contribution is 5.87.